The van der Waals surface area contributed by atoms with Crippen LogP contribution in [0.1, 0.15) is 22.8 Å². The molecule has 3 rings (SSSR count). The summed E-state index contributed by atoms with van der Waals surface area (Å²) in [5, 5.41) is 2.70. The maximum Gasteiger partial charge on any atom is 0.337 e. The Morgan fingerprint density at radius 1 is 1.10 bits per heavy atom. The van der Waals surface area contributed by atoms with Crippen LogP contribution in [-0.4, -0.2) is 43.5 Å². The van der Waals surface area contributed by atoms with Crippen molar-refractivity contribution >= 4 is 41.2 Å². The molecule has 1 heterocycles. The zero-order valence-electron chi connectivity index (χ0n) is 16.5. The molecule has 1 aliphatic rings. The van der Waals surface area contributed by atoms with Crippen LogP contribution >= 0.6 is 0 Å². The summed E-state index contributed by atoms with van der Waals surface area (Å²) in [7, 11) is 1.30. The molecule has 30 heavy (non-hydrogen) atoms. The van der Waals surface area contributed by atoms with Crippen molar-refractivity contribution in [3.05, 3.63) is 65.7 Å². The van der Waals surface area contributed by atoms with Crippen molar-refractivity contribution in [3.8, 4) is 0 Å². The monoisotopic (exact) mass is 408 g/mol. The van der Waals surface area contributed by atoms with Crippen LogP contribution < -0.4 is 10.2 Å². The lowest BCUT2D eigenvalue weighted by Crippen LogP contribution is -2.46. The van der Waals surface area contributed by atoms with E-state index in [0.717, 1.165) is 0 Å². The lowest BCUT2D eigenvalue weighted by Gasteiger charge is -2.30. The summed E-state index contributed by atoms with van der Waals surface area (Å²) in [5.74, 6) is -1.98. The van der Waals surface area contributed by atoms with E-state index in [1.807, 2.05) is 0 Å². The van der Waals surface area contributed by atoms with Crippen molar-refractivity contribution in [2.75, 3.05) is 23.9 Å². The number of carbonyl (C=O) groups excluding carboxylic acids is 4. The number of nitrogens with zero attached hydrogens (tertiary/aromatic N) is 1. The van der Waals surface area contributed by atoms with Crippen LogP contribution in [0.2, 0.25) is 0 Å². The van der Waals surface area contributed by atoms with Crippen molar-refractivity contribution in [2.24, 2.45) is 0 Å². The van der Waals surface area contributed by atoms with Gasteiger partial charge < -0.3 is 14.8 Å². The summed E-state index contributed by atoms with van der Waals surface area (Å²) < 4.78 is 9.82. The molecule has 2 amide bonds. The molecular weight excluding hydrogens is 388 g/mol. The fourth-order valence-corrected chi connectivity index (χ4v) is 2.93. The van der Waals surface area contributed by atoms with Gasteiger partial charge in [0.05, 0.1) is 24.0 Å². The predicted molar refractivity (Wildman–Crippen MR) is 110 cm³/mol. The van der Waals surface area contributed by atoms with Gasteiger partial charge in [0.15, 0.2) is 6.10 Å². The van der Waals surface area contributed by atoms with Gasteiger partial charge in [-0.3, -0.25) is 14.5 Å². The smallest absolute Gasteiger partial charge is 0.337 e. The summed E-state index contributed by atoms with van der Waals surface area (Å²) in [5.41, 5.74) is 2.13. The number of nitrogens with one attached hydrogen (secondary N) is 1. The van der Waals surface area contributed by atoms with Crippen LogP contribution in [-0.2, 0) is 23.9 Å². The van der Waals surface area contributed by atoms with E-state index in [9.17, 15) is 19.2 Å². The highest BCUT2D eigenvalue weighted by molar-refractivity contribution is 6.11. The Bertz CT molecular complexity index is 1010. The fraction of sp³-hybridized carbons (Fsp3) is 0.182. The third kappa shape index (κ3) is 4.72. The second kappa shape index (κ2) is 9.04. The minimum Gasteiger partial charge on any atom is -0.465 e. The number of methoxy groups -OCH3 is 1. The Morgan fingerprint density at radius 2 is 1.80 bits per heavy atom. The summed E-state index contributed by atoms with van der Waals surface area (Å²) in [6.45, 7) is 1.30. The van der Waals surface area contributed by atoms with Crippen LogP contribution in [0.3, 0.4) is 0 Å². The highest BCUT2D eigenvalue weighted by Gasteiger charge is 2.31. The number of esters is 2. The van der Waals surface area contributed by atoms with Gasteiger partial charge in [0, 0.05) is 6.08 Å². The maximum absolute atomic E-state index is 12.7. The largest absolute Gasteiger partial charge is 0.465 e. The molecule has 1 atom stereocenters. The normalized spacial score (nSPS) is 13.9. The molecule has 0 saturated carbocycles. The number of anilines is 2. The van der Waals surface area contributed by atoms with Crippen LogP contribution in [0.25, 0.3) is 6.08 Å². The highest BCUT2D eigenvalue weighted by atomic mass is 16.5. The molecule has 8 nitrogen and oxygen atoms in total. The van der Waals surface area contributed by atoms with E-state index in [2.05, 4.69) is 10.1 Å². The van der Waals surface area contributed by atoms with E-state index in [-0.39, 0.29) is 12.5 Å². The van der Waals surface area contributed by atoms with Crippen LogP contribution in [0, 0.1) is 0 Å². The first-order valence-corrected chi connectivity index (χ1v) is 9.16. The molecule has 1 aliphatic heterocycles. The number of carbonyl (C=O) groups is 4. The van der Waals surface area contributed by atoms with Gasteiger partial charge in [0.1, 0.15) is 6.54 Å². The quantitative estimate of drug-likeness (QED) is 0.602. The van der Waals surface area contributed by atoms with E-state index in [4.69, 9.17) is 4.74 Å². The summed E-state index contributed by atoms with van der Waals surface area (Å²) in [6.07, 6.45) is 1.61. The first kappa shape index (κ1) is 20.8. The van der Waals surface area contributed by atoms with Gasteiger partial charge in [0.25, 0.3) is 5.91 Å². The Kier molecular flexibility index (Phi) is 6.26. The average molecular weight is 408 g/mol. The SMILES string of the molecule is COC(=O)c1ccc(/C=C/C(=O)O[C@@H](C)C(=O)N2CC(=O)Nc3ccccc32)cc1. The van der Waals surface area contributed by atoms with Gasteiger partial charge in [-0.15, -0.1) is 0 Å². The summed E-state index contributed by atoms with van der Waals surface area (Å²) in [6, 6.07) is 13.3. The first-order chi connectivity index (χ1) is 14.4. The minimum absolute atomic E-state index is 0.153. The second-order valence-electron chi connectivity index (χ2n) is 6.52. The first-order valence-electron chi connectivity index (χ1n) is 9.16. The molecule has 0 unspecified atom stereocenters. The molecule has 0 saturated heterocycles. The fourth-order valence-electron chi connectivity index (χ4n) is 2.93. The summed E-state index contributed by atoms with van der Waals surface area (Å²) in [4.78, 5) is 49.5. The number of hydrogen-bond acceptors (Lipinski definition) is 6. The number of ether oxygens (including phenoxy) is 2. The number of amides is 2. The molecule has 0 radical (unpaired) electrons. The highest BCUT2D eigenvalue weighted by Crippen LogP contribution is 2.29. The van der Waals surface area contributed by atoms with Crippen molar-refractivity contribution in [1.82, 2.24) is 0 Å². The number of hydrogen-bond donors (Lipinski definition) is 1. The molecular formula is C22H20N2O6. The molecule has 0 spiro atoms. The van der Waals surface area contributed by atoms with E-state index in [1.54, 1.807) is 48.5 Å². The Morgan fingerprint density at radius 3 is 2.50 bits per heavy atom. The average Bonchev–Trinajstić information content (AvgIpc) is 2.76. The zero-order chi connectivity index (χ0) is 21.7. The third-order valence-electron chi connectivity index (χ3n) is 4.42. The molecule has 0 fully saturated rings. The molecule has 0 aliphatic carbocycles. The van der Waals surface area contributed by atoms with Gasteiger partial charge in [-0.2, -0.15) is 0 Å². The standard InChI is InChI=1S/C22H20N2O6/c1-14(21(27)24-13-19(25)23-17-5-3-4-6-18(17)24)30-20(26)12-9-15-7-10-16(11-8-15)22(28)29-2/h3-12,14H,13H2,1-2H3,(H,23,25)/b12-9+/t14-/m0/s1. The topological polar surface area (TPSA) is 102 Å². The van der Waals surface area contributed by atoms with Gasteiger partial charge >= 0.3 is 11.9 Å². The maximum atomic E-state index is 12.7. The van der Waals surface area contributed by atoms with Crippen LogP contribution in [0.5, 0.6) is 0 Å². The molecule has 154 valence electrons. The van der Waals surface area contributed by atoms with Crippen molar-refractivity contribution in [1.29, 1.82) is 0 Å². The molecule has 0 aromatic heterocycles. The van der Waals surface area contributed by atoms with Gasteiger partial charge in [-0.1, -0.05) is 24.3 Å². The van der Waals surface area contributed by atoms with E-state index in [0.29, 0.717) is 22.5 Å². The van der Waals surface area contributed by atoms with Gasteiger partial charge in [0.2, 0.25) is 5.91 Å². The van der Waals surface area contributed by atoms with Crippen molar-refractivity contribution in [2.45, 2.75) is 13.0 Å². The van der Waals surface area contributed by atoms with Crippen LogP contribution in [0.4, 0.5) is 11.4 Å². The number of rotatable bonds is 5. The summed E-state index contributed by atoms with van der Waals surface area (Å²) >= 11 is 0. The lowest BCUT2D eigenvalue weighted by molar-refractivity contribution is -0.149. The number of benzene rings is 2. The molecule has 1 N–H and O–H groups in total. The molecule has 0 bridgehead atoms. The zero-order valence-corrected chi connectivity index (χ0v) is 16.5. The lowest BCUT2D eigenvalue weighted by atomic mass is 10.1. The molecule has 8 heteroatoms. The Labute approximate surface area is 173 Å². The van der Waals surface area contributed by atoms with Gasteiger partial charge in [-0.25, -0.2) is 9.59 Å². The van der Waals surface area contributed by atoms with Crippen molar-refractivity contribution < 1.29 is 28.7 Å². The number of fused-ring (bicyclic) bond motifs is 1. The van der Waals surface area contributed by atoms with E-state index >= 15 is 0 Å². The Balaban J connectivity index is 1.63. The third-order valence-corrected chi connectivity index (χ3v) is 4.42. The van der Waals surface area contributed by atoms with Crippen LogP contribution in [0.15, 0.2) is 54.6 Å². The number of para-hydroxylation sites is 2. The Hall–Kier alpha value is -3.94. The molecule has 2 aromatic carbocycles. The van der Waals surface area contributed by atoms with E-state index in [1.165, 1.54) is 31.1 Å². The van der Waals surface area contributed by atoms with Crippen molar-refractivity contribution in [3.63, 3.8) is 0 Å². The van der Waals surface area contributed by atoms with E-state index < -0.39 is 23.9 Å². The minimum atomic E-state index is -1.08. The predicted octanol–water partition coefficient (Wildman–Crippen LogP) is 2.40. The molecule has 2 aromatic rings. The second-order valence-corrected chi connectivity index (χ2v) is 6.52. The van der Waals surface area contributed by atoms with Gasteiger partial charge in [-0.05, 0) is 42.8 Å².